The van der Waals surface area contributed by atoms with Gasteiger partial charge in [0, 0.05) is 43.3 Å². The van der Waals surface area contributed by atoms with Gasteiger partial charge in [-0.3, -0.25) is 9.78 Å². The first-order chi connectivity index (χ1) is 15.0. The predicted octanol–water partition coefficient (Wildman–Crippen LogP) is 3.26. The van der Waals surface area contributed by atoms with E-state index in [0.717, 1.165) is 35.7 Å². The highest BCUT2D eigenvalue weighted by molar-refractivity contribution is 7.89. The number of pyridine rings is 1. The van der Waals surface area contributed by atoms with E-state index in [0.29, 0.717) is 36.6 Å². The molecule has 1 fully saturated rings. The zero-order valence-corrected chi connectivity index (χ0v) is 18.1. The molecule has 2 aromatic carbocycles. The summed E-state index contributed by atoms with van der Waals surface area (Å²) in [5, 5.41) is 0.819. The fourth-order valence-corrected chi connectivity index (χ4v) is 6.08. The number of nitrogens with zero attached hydrogens (tertiary/aromatic N) is 3. The van der Waals surface area contributed by atoms with E-state index in [1.807, 2.05) is 42.5 Å². The van der Waals surface area contributed by atoms with Crippen LogP contribution in [-0.4, -0.2) is 54.7 Å². The fourth-order valence-electron chi connectivity index (χ4n) is 4.61. The number of carbonyl (C=O) groups is 1. The number of hydrogen-bond donors (Lipinski definition) is 0. The van der Waals surface area contributed by atoms with Crippen LogP contribution in [0.4, 0.5) is 0 Å². The summed E-state index contributed by atoms with van der Waals surface area (Å²) in [5.41, 5.74) is 3.81. The minimum atomic E-state index is -3.56. The molecule has 0 radical (unpaired) electrons. The molecule has 3 aromatic rings. The number of rotatable bonds is 3. The number of piperazine rings is 1. The van der Waals surface area contributed by atoms with Crippen LogP contribution < -0.4 is 0 Å². The summed E-state index contributed by atoms with van der Waals surface area (Å²) in [5.74, 6) is -0.0792. The third-order valence-electron chi connectivity index (χ3n) is 6.36. The Balaban J connectivity index is 1.32. The Morgan fingerprint density at radius 2 is 1.65 bits per heavy atom. The smallest absolute Gasteiger partial charge is 0.254 e. The van der Waals surface area contributed by atoms with Crippen LogP contribution in [0.1, 0.15) is 34.3 Å². The van der Waals surface area contributed by atoms with E-state index in [4.69, 9.17) is 0 Å². The van der Waals surface area contributed by atoms with Gasteiger partial charge < -0.3 is 4.90 Å². The van der Waals surface area contributed by atoms with Crippen molar-refractivity contribution in [2.24, 2.45) is 0 Å². The third kappa shape index (κ3) is 3.72. The molecular formula is C24H25N3O3S. The van der Waals surface area contributed by atoms with Crippen LogP contribution in [0.2, 0.25) is 0 Å². The molecule has 160 valence electrons. The van der Waals surface area contributed by atoms with Gasteiger partial charge >= 0.3 is 0 Å². The summed E-state index contributed by atoms with van der Waals surface area (Å²) < 4.78 is 27.9. The SMILES string of the molecule is O=C(c1cccc2ncccc12)N1CCN(S(=O)(=O)c2ccc3c(c2)CCCC3)CC1. The average Bonchev–Trinajstić information content (AvgIpc) is 2.83. The highest BCUT2D eigenvalue weighted by Gasteiger charge is 2.31. The van der Waals surface area contributed by atoms with Crippen LogP contribution >= 0.6 is 0 Å². The van der Waals surface area contributed by atoms with Gasteiger partial charge in [-0.15, -0.1) is 0 Å². The molecule has 2 aliphatic rings. The van der Waals surface area contributed by atoms with Crippen molar-refractivity contribution >= 4 is 26.8 Å². The van der Waals surface area contributed by atoms with E-state index in [1.165, 1.54) is 16.3 Å². The molecule has 7 heteroatoms. The number of carbonyl (C=O) groups excluding carboxylic acids is 1. The van der Waals surface area contributed by atoms with Gasteiger partial charge in [0.05, 0.1) is 10.4 Å². The zero-order valence-electron chi connectivity index (χ0n) is 17.3. The summed E-state index contributed by atoms with van der Waals surface area (Å²) in [4.78, 5) is 19.6. The average molecular weight is 436 g/mol. The van der Waals surface area contributed by atoms with Crippen molar-refractivity contribution in [1.29, 1.82) is 0 Å². The standard InChI is InChI=1S/C24H25N3O3S/c28-24(22-7-3-9-23-21(22)8-4-12-25-23)26-13-15-27(16-14-26)31(29,30)20-11-10-18-5-1-2-6-19(18)17-20/h3-4,7-12,17H,1-2,5-6,13-16H2. The number of aromatic nitrogens is 1. The molecule has 0 unspecified atom stereocenters. The lowest BCUT2D eigenvalue weighted by molar-refractivity contribution is 0.0700. The van der Waals surface area contributed by atoms with Crippen LogP contribution in [0.15, 0.2) is 59.6 Å². The number of benzene rings is 2. The Labute approximate surface area is 182 Å². The maximum absolute atomic E-state index is 13.2. The normalized spacial score (nSPS) is 17.5. The first kappa shape index (κ1) is 20.2. The zero-order chi connectivity index (χ0) is 21.4. The molecule has 0 spiro atoms. The second-order valence-corrected chi connectivity index (χ2v) is 10.1. The van der Waals surface area contributed by atoms with E-state index in [-0.39, 0.29) is 5.91 Å². The summed E-state index contributed by atoms with van der Waals surface area (Å²) in [6, 6.07) is 14.8. The molecule has 1 saturated heterocycles. The number of sulfonamides is 1. The second kappa shape index (κ2) is 8.05. The van der Waals surface area contributed by atoms with Gasteiger partial charge in [-0.25, -0.2) is 8.42 Å². The van der Waals surface area contributed by atoms with Crippen molar-refractivity contribution in [3.8, 4) is 0 Å². The molecule has 5 rings (SSSR count). The Hall–Kier alpha value is -2.77. The van der Waals surface area contributed by atoms with Crippen LogP contribution in [0, 0.1) is 0 Å². The Bertz CT molecular complexity index is 1240. The lowest BCUT2D eigenvalue weighted by atomic mass is 9.92. The maximum atomic E-state index is 13.2. The largest absolute Gasteiger partial charge is 0.336 e. The van der Waals surface area contributed by atoms with E-state index < -0.39 is 10.0 Å². The van der Waals surface area contributed by atoms with E-state index in [1.54, 1.807) is 17.2 Å². The molecule has 0 N–H and O–H groups in total. The topological polar surface area (TPSA) is 70.6 Å². The molecule has 1 amide bonds. The minimum absolute atomic E-state index is 0.0792. The van der Waals surface area contributed by atoms with Gasteiger partial charge in [-0.1, -0.05) is 18.2 Å². The number of amides is 1. The fraction of sp³-hybridized carbons (Fsp3) is 0.333. The van der Waals surface area contributed by atoms with Gasteiger partial charge in [-0.05, 0) is 67.1 Å². The highest BCUT2D eigenvalue weighted by Crippen LogP contribution is 2.26. The van der Waals surface area contributed by atoms with Crippen molar-refractivity contribution < 1.29 is 13.2 Å². The Morgan fingerprint density at radius 1 is 0.871 bits per heavy atom. The van der Waals surface area contributed by atoms with Crippen molar-refractivity contribution in [1.82, 2.24) is 14.2 Å². The lowest BCUT2D eigenvalue weighted by Gasteiger charge is -2.34. The quantitative estimate of drug-likeness (QED) is 0.633. The molecule has 31 heavy (non-hydrogen) atoms. The molecule has 1 aliphatic carbocycles. The van der Waals surface area contributed by atoms with Crippen molar-refractivity contribution in [3.63, 3.8) is 0 Å². The molecule has 0 atom stereocenters. The highest BCUT2D eigenvalue weighted by atomic mass is 32.2. The Kier molecular flexibility index (Phi) is 5.24. The molecular weight excluding hydrogens is 410 g/mol. The van der Waals surface area contributed by atoms with Crippen molar-refractivity contribution in [3.05, 3.63) is 71.4 Å². The van der Waals surface area contributed by atoms with Crippen LogP contribution in [0.25, 0.3) is 10.9 Å². The Morgan fingerprint density at radius 3 is 2.45 bits per heavy atom. The van der Waals surface area contributed by atoms with Gasteiger partial charge in [0.15, 0.2) is 0 Å². The summed E-state index contributed by atoms with van der Waals surface area (Å²) in [7, 11) is -3.56. The monoisotopic (exact) mass is 435 g/mol. The molecule has 0 saturated carbocycles. The van der Waals surface area contributed by atoms with Gasteiger partial charge in [0.1, 0.15) is 0 Å². The van der Waals surface area contributed by atoms with Gasteiger partial charge in [-0.2, -0.15) is 4.31 Å². The molecule has 2 heterocycles. The summed E-state index contributed by atoms with van der Waals surface area (Å²) in [6.45, 7) is 1.35. The van der Waals surface area contributed by atoms with Gasteiger partial charge in [0.25, 0.3) is 5.91 Å². The summed E-state index contributed by atoms with van der Waals surface area (Å²) >= 11 is 0. The van der Waals surface area contributed by atoms with Crippen LogP contribution in [-0.2, 0) is 22.9 Å². The number of aryl methyl sites for hydroxylation is 2. The minimum Gasteiger partial charge on any atom is -0.336 e. The van der Waals surface area contributed by atoms with E-state index in [2.05, 4.69) is 4.98 Å². The molecule has 0 bridgehead atoms. The van der Waals surface area contributed by atoms with E-state index in [9.17, 15) is 13.2 Å². The first-order valence-electron chi connectivity index (χ1n) is 10.8. The third-order valence-corrected chi connectivity index (χ3v) is 8.25. The number of hydrogen-bond acceptors (Lipinski definition) is 4. The first-order valence-corrected chi connectivity index (χ1v) is 12.2. The summed E-state index contributed by atoms with van der Waals surface area (Å²) in [6.07, 6.45) is 5.96. The molecule has 1 aromatic heterocycles. The van der Waals surface area contributed by atoms with Crippen LogP contribution in [0.3, 0.4) is 0 Å². The maximum Gasteiger partial charge on any atom is 0.254 e. The molecule has 6 nitrogen and oxygen atoms in total. The van der Waals surface area contributed by atoms with Gasteiger partial charge in [0.2, 0.25) is 10.0 Å². The van der Waals surface area contributed by atoms with Crippen molar-refractivity contribution in [2.75, 3.05) is 26.2 Å². The predicted molar refractivity (Wildman–Crippen MR) is 119 cm³/mol. The lowest BCUT2D eigenvalue weighted by Crippen LogP contribution is -2.50. The van der Waals surface area contributed by atoms with Crippen LogP contribution in [0.5, 0.6) is 0 Å². The second-order valence-electron chi connectivity index (χ2n) is 8.21. The van der Waals surface area contributed by atoms with E-state index >= 15 is 0 Å². The van der Waals surface area contributed by atoms with Crippen molar-refractivity contribution in [2.45, 2.75) is 30.6 Å². The molecule has 1 aliphatic heterocycles. The number of fused-ring (bicyclic) bond motifs is 2.